The maximum Gasteiger partial charge on any atom is 0.233 e. The van der Waals surface area contributed by atoms with Crippen LogP contribution in [0.25, 0.3) is 0 Å². The fraction of sp³-hybridized carbons (Fsp3) is 0.923. The van der Waals surface area contributed by atoms with Gasteiger partial charge in [0, 0.05) is 19.1 Å². The summed E-state index contributed by atoms with van der Waals surface area (Å²) in [6, 6.07) is 0.351. The minimum Gasteiger partial charge on any atom is -0.352 e. The second kappa shape index (κ2) is 7.27. The maximum absolute atomic E-state index is 11.9. The molecule has 1 atom stereocenters. The number of piperidine rings is 1. The van der Waals surface area contributed by atoms with Gasteiger partial charge in [-0.3, -0.25) is 4.79 Å². The van der Waals surface area contributed by atoms with E-state index >= 15 is 0 Å². The van der Waals surface area contributed by atoms with Gasteiger partial charge in [-0.2, -0.15) is 12.6 Å². The molecule has 1 heterocycles. The third kappa shape index (κ3) is 4.88. The average Bonchev–Trinajstić information content (AvgIpc) is 2.30. The largest absolute Gasteiger partial charge is 0.352 e. The molecule has 0 radical (unpaired) electrons. The van der Waals surface area contributed by atoms with Crippen LogP contribution in [0.15, 0.2) is 0 Å². The molecule has 3 nitrogen and oxygen atoms in total. The zero-order chi connectivity index (χ0) is 12.8. The minimum absolute atomic E-state index is 0.0947. The number of nitrogens with zero attached hydrogens (tertiary/aromatic N) is 1. The molecule has 0 saturated carbocycles. The van der Waals surface area contributed by atoms with E-state index in [1.165, 1.54) is 13.0 Å². The van der Waals surface area contributed by atoms with Gasteiger partial charge in [-0.05, 0) is 31.7 Å². The lowest BCUT2D eigenvalue weighted by atomic mass is 10.0. The Morgan fingerprint density at radius 2 is 2.00 bits per heavy atom. The summed E-state index contributed by atoms with van der Waals surface area (Å²) < 4.78 is 0. The van der Waals surface area contributed by atoms with Crippen molar-refractivity contribution in [2.24, 2.45) is 5.92 Å². The zero-order valence-electron chi connectivity index (χ0n) is 11.3. The van der Waals surface area contributed by atoms with Gasteiger partial charge in [0.05, 0.1) is 5.25 Å². The zero-order valence-corrected chi connectivity index (χ0v) is 12.2. The Hall–Kier alpha value is -0.220. The van der Waals surface area contributed by atoms with Crippen LogP contribution in [0.1, 0.15) is 40.0 Å². The van der Waals surface area contributed by atoms with Crippen molar-refractivity contribution in [3.05, 3.63) is 0 Å². The number of likely N-dealkylation sites (tertiary alicyclic amines) is 1. The number of rotatable bonds is 5. The Bertz CT molecular complexity index is 238. The molecular weight excluding hydrogens is 232 g/mol. The van der Waals surface area contributed by atoms with Gasteiger partial charge in [0.25, 0.3) is 0 Å². The number of hydrogen-bond donors (Lipinski definition) is 2. The highest BCUT2D eigenvalue weighted by Crippen LogP contribution is 2.13. The lowest BCUT2D eigenvalue weighted by Gasteiger charge is -2.32. The highest BCUT2D eigenvalue weighted by Gasteiger charge is 2.23. The van der Waals surface area contributed by atoms with Gasteiger partial charge >= 0.3 is 0 Å². The molecule has 1 aliphatic rings. The number of thiol groups is 1. The van der Waals surface area contributed by atoms with Crippen molar-refractivity contribution in [2.75, 3.05) is 19.6 Å². The van der Waals surface area contributed by atoms with Crippen LogP contribution >= 0.6 is 12.6 Å². The Kier molecular flexibility index (Phi) is 6.34. The van der Waals surface area contributed by atoms with Crippen molar-refractivity contribution in [3.63, 3.8) is 0 Å². The molecule has 1 aliphatic heterocycles. The molecule has 0 spiro atoms. The molecule has 0 bridgehead atoms. The standard InChI is InChI=1S/C13H26N2OS/c1-4-7-15-8-5-11(6-9-15)14-13(16)12(17)10(2)3/h10-12,17H,4-9H2,1-3H3,(H,14,16). The third-order valence-corrected chi connectivity index (χ3v) is 4.20. The van der Waals surface area contributed by atoms with Crippen LogP contribution in [0, 0.1) is 5.92 Å². The predicted octanol–water partition coefficient (Wildman–Crippen LogP) is 1.93. The molecule has 1 N–H and O–H groups in total. The third-order valence-electron chi connectivity index (χ3n) is 3.37. The van der Waals surface area contributed by atoms with E-state index in [0.717, 1.165) is 25.9 Å². The maximum atomic E-state index is 11.9. The summed E-state index contributed by atoms with van der Waals surface area (Å²) in [6.07, 6.45) is 3.36. The fourth-order valence-electron chi connectivity index (χ4n) is 2.21. The first-order valence-electron chi connectivity index (χ1n) is 6.75. The second-order valence-corrected chi connectivity index (χ2v) is 5.87. The van der Waals surface area contributed by atoms with Gasteiger partial charge in [0.1, 0.15) is 0 Å². The van der Waals surface area contributed by atoms with Crippen LogP contribution in [0.3, 0.4) is 0 Å². The quantitative estimate of drug-likeness (QED) is 0.739. The van der Waals surface area contributed by atoms with Crippen molar-refractivity contribution in [3.8, 4) is 0 Å². The molecule has 1 rings (SSSR count). The molecule has 0 aromatic carbocycles. The summed E-state index contributed by atoms with van der Waals surface area (Å²) in [4.78, 5) is 14.3. The van der Waals surface area contributed by atoms with Gasteiger partial charge in [-0.25, -0.2) is 0 Å². The summed E-state index contributed by atoms with van der Waals surface area (Å²) in [6.45, 7) is 9.67. The molecular formula is C13H26N2OS. The monoisotopic (exact) mass is 258 g/mol. The summed E-state index contributed by atoms with van der Waals surface area (Å²) in [5, 5.41) is 2.94. The van der Waals surface area contributed by atoms with E-state index in [4.69, 9.17) is 0 Å². The van der Waals surface area contributed by atoms with E-state index in [9.17, 15) is 4.79 Å². The summed E-state index contributed by atoms with van der Waals surface area (Å²) >= 11 is 4.35. The van der Waals surface area contributed by atoms with Crippen molar-refractivity contribution in [1.82, 2.24) is 10.2 Å². The molecule has 100 valence electrons. The van der Waals surface area contributed by atoms with Gasteiger partial charge in [0.15, 0.2) is 0 Å². The predicted molar refractivity (Wildman–Crippen MR) is 75.5 cm³/mol. The molecule has 0 aliphatic carbocycles. The minimum atomic E-state index is -0.177. The number of carbonyl (C=O) groups is 1. The Labute approximate surface area is 111 Å². The average molecular weight is 258 g/mol. The van der Waals surface area contributed by atoms with E-state index in [-0.39, 0.29) is 11.2 Å². The second-order valence-electron chi connectivity index (χ2n) is 5.31. The normalized spacial score (nSPS) is 20.5. The summed E-state index contributed by atoms with van der Waals surface area (Å²) in [5.41, 5.74) is 0. The number of amides is 1. The molecule has 1 unspecified atom stereocenters. The van der Waals surface area contributed by atoms with Gasteiger partial charge in [-0.15, -0.1) is 0 Å². The Morgan fingerprint density at radius 1 is 1.41 bits per heavy atom. The van der Waals surface area contributed by atoms with E-state index in [1.54, 1.807) is 0 Å². The van der Waals surface area contributed by atoms with Gasteiger partial charge in [0.2, 0.25) is 5.91 Å². The molecule has 1 fully saturated rings. The summed E-state index contributed by atoms with van der Waals surface area (Å²) in [7, 11) is 0. The van der Waals surface area contributed by atoms with Crippen molar-refractivity contribution in [2.45, 2.75) is 51.3 Å². The Morgan fingerprint density at radius 3 is 2.47 bits per heavy atom. The Balaban J connectivity index is 2.28. The van der Waals surface area contributed by atoms with Crippen molar-refractivity contribution < 1.29 is 4.79 Å². The van der Waals surface area contributed by atoms with E-state index in [2.05, 4.69) is 29.8 Å². The van der Waals surface area contributed by atoms with Crippen molar-refractivity contribution >= 4 is 18.5 Å². The van der Waals surface area contributed by atoms with Gasteiger partial charge in [-0.1, -0.05) is 20.8 Å². The fourth-order valence-corrected chi connectivity index (χ4v) is 2.28. The first kappa shape index (κ1) is 14.8. The van der Waals surface area contributed by atoms with Crippen LogP contribution in [-0.2, 0) is 4.79 Å². The highest BCUT2D eigenvalue weighted by molar-refractivity contribution is 7.81. The molecule has 1 saturated heterocycles. The smallest absolute Gasteiger partial charge is 0.233 e. The van der Waals surface area contributed by atoms with Crippen LogP contribution in [-0.4, -0.2) is 41.7 Å². The molecule has 0 aromatic heterocycles. The van der Waals surface area contributed by atoms with Crippen LogP contribution in [0.2, 0.25) is 0 Å². The van der Waals surface area contributed by atoms with Crippen LogP contribution in [0.5, 0.6) is 0 Å². The molecule has 0 aromatic rings. The van der Waals surface area contributed by atoms with E-state index < -0.39 is 0 Å². The first-order chi connectivity index (χ1) is 8.04. The lowest BCUT2D eigenvalue weighted by molar-refractivity contribution is -0.122. The number of nitrogens with one attached hydrogen (secondary N) is 1. The first-order valence-corrected chi connectivity index (χ1v) is 7.27. The molecule has 4 heteroatoms. The van der Waals surface area contributed by atoms with Crippen LogP contribution < -0.4 is 5.32 Å². The topological polar surface area (TPSA) is 32.3 Å². The van der Waals surface area contributed by atoms with Gasteiger partial charge < -0.3 is 10.2 Å². The number of hydrogen-bond acceptors (Lipinski definition) is 3. The van der Waals surface area contributed by atoms with Crippen molar-refractivity contribution in [1.29, 1.82) is 0 Å². The lowest BCUT2D eigenvalue weighted by Crippen LogP contribution is -2.47. The van der Waals surface area contributed by atoms with E-state index in [1.807, 2.05) is 13.8 Å². The number of carbonyl (C=O) groups excluding carboxylic acids is 1. The van der Waals surface area contributed by atoms with Crippen LogP contribution in [0.4, 0.5) is 0 Å². The highest BCUT2D eigenvalue weighted by atomic mass is 32.1. The summed E-state index contributed by atoms with van der Waals surface area (Å²) in [5.74, 6) is 0.385. The molecule has 17 heavy (non-hydrogen) atoms. The SMILES string of the molecule is CCCN1CCC(NC(=O)C(S)C(C)C)CC1. The molecule has 1 amide bonds. The van der Waals surface area contributed by atoms with E-state index in [0.29, 0.717) is 12.0 Å².